The topological polar surface area (TPSA) is 140 Å². The molecule has 3 saturated carbocycles. The normalized spacial score (nSPS) is 51.4. The third-order valence-electron chi connectivity index (χ3n) is 12.4. The first-order valence-electron chi connectivity index (χ1n) is 16.3. The van der Waals surface area contributed by atoms with Gasteiger partial charge < -0.3 is 40.1 Å². The summed E-state index contributed by atoms with van der Waals surface area (Å²) >= 11 is 0. The molecule has 0 spiro atoms. The molecule has 0 aromatic carbocycles. The van der Waals surface area contributed by atoms with Crippen molar-refractivity contribution in [1.29, 1.82) is 0 Å². The first-order chi connectivity index (χ1) is 19.2. The zero-order chi connectivity index (χ0) is 30.0. The molecule has 3 unspecified atom stereocenters. The summed E-state index contributed by atoms with van der Waals surface area (Å²) < 4.78 is 12.5. The maximum Gasteiger partial charge on any atom is 0.186 e. The molecule has 5 rings (SSSR count). The Balaban J connectivity index is 1.47. The zero-order valence-electron chi connectivity index (χ0n) is 25.9. The molecule has 8 nitrogen and oxygen atoms in total. The van der Waals surface area contributed by atoms with Gasteiger partial charge in [-0.2, -0.15) is 0 Å². The van der Waals surface area contributed by atoms with E-state index in [0.717, 1.165) is 32.1 Å². The van der Waals surface area contributed by atoms with Gasteiger partial charge >= 0.3 is 0 Å². The summed E-state index contributed by atoms with van der Waals surface area (Å²) in [5, 5.41) is 65.3. The molecule has 1 heterocycles. The van der Waals surface area contributed by atoms with Gasteiger partial charge in [0, 0.05) is 0 Å². The van der Waals surface area contributed by atoms with Crippen molar-refractivity contribution in [3.8, 4) is 0 Å². The van der Waals surface area contributed by atoms with Crippen molar-refractivity contribution in [2.75, 3.05) is 0 Å². The third-order valence-corrected chi connectivity index (χ3v) is 12.4. The molecule has 4 aliphatic carbocycles. The lowest BCUT2D eigenvalue weighted by atomic mass is 9.46. The number of aliphatic hydroxyl groups is 6. The predicted molar refractivity (Wildman–Crippen MR) is 154 cm³/mol. The van der Waals surface area contributed by atoms with Crippen LogP contribution in [-0.4, -0.2) is 85.8 Å². The number of aliphatic hydroxyl groups excluding tert-OH is 6. The Hall–Kier alpha value is -0.580. The Morgan fingerprint density at radius 2 is 1.73 bits per heavy atom. The Bertz CT molecular complexity index is 956. The van der Waals surface area contributed by atoms with E-state index < -0.39 is 42.9 Å². The molecular formula is C33H56O8. The van der Waals surface area contributed by atoms with Crippen LogP contribution in [0.15, 0.2) is 11.6 Å². The first-order valence-corrected chi connectivity index (χ1v) is 16.3. The number of fused-ring (bicyclic) bond motifs is 5. The van der Waals surface area contributed by atoms with Crippen LogP contribution < -0.4 is 0 Å². The highest BCUT2D eigenvalue weighted by atomic mass is 16.7. The molecule has 0 aromatic heterocycles. The van der Waals surface area contributed by atoms with Crippen molar-refractivity contribution in [3.05, 3.63) is 11.6 Å². The average molecular weight is 581 g/mol. The standard InChI is InChI=1S/C33H56O8/c1-16(2)7-10-23(35)17(3)26-25(41-31-30(39)29(38)28(37)18(4)40-31)14-22-21-9-8-19-13-20(34)11-12-32(19,5)27(21)24(36)15-33(22,26)6/h8,16-18,20-31,34-39H,7,9-15H2,1-6H3/t17?,18-,20-,21-,22-,23-,24+,25-,26?,27+,28?,29+,30+,31-,32-,33-/m0/s1. The smallest absolute Gasteiger partial charge is 0.186 e. The predicted octanol–water partition coefficient (Wildman–Crippen LogP) is 3.15. The van der Waals surface area contributed by atoms with Gasteiger partial charge in [0.05, 0.1) is 30.5 Å². The zero-order valence-corrected chi connectivity index (χ0v) is 25.9. The fourth-order valence-electron chi connectivity index (χ4n) is 10.2. The Kier molecular flexibility index (Phi) is 9.11. The van der Waals surface area contributed by atoms with Gasteiger partial charge in [0.1, 0.15) is 18.3 Å². The summed E-state index contributed by atoms with van der Waals surface area (Å²) in [6.45, 7) is 12.6. The molecule has 0 aromatic rings. The summed E-state index contributed by atoms with van der Waals surface area (Å²) in [5.41, 5.74) is 0.848. The van der Waals surface area contributed by atoms with Crippen LogP contribution in [0.5, 0.6) is 0 Å². The summed E-state index contributed by atoms with van der Waals surface area (Å²) in [4.78, 5) is 0. The molecule has 5 aliphatic rings. The molecule has 0 bridgehead atoms. The lowest BCUT2D eigenvalue weighted by Crippen LogP contribution is -2.58. The highest BCUT2D eigenvalue weighted by molar-refractivity contribution is 5.27. The molecule has 0 amide bonds. The minimum absolute atomic E-state index is 0.0910. The Morgan fingerprint density at radius 3 is 2.41 bits per heavy atom. The van der Waals surface area contributed by atoms with Gasteiger partial charge in [0.2, 0.25) is 0 Å². The van der Waals surface area contributed by atoms with Gasteiger partial charge in [-0.1, -0.05) is 46.3 Å². The van der Waals surface area contributed by atoms with Crippen molar-refractivity contribution in [1.82, 2.24) is 0 Å². The van der Waals surface area contributed by atoms with Crippen LogP contribution >= 0.6 is 0 Å². The van der Waals surface area contributed by atoms with Crippen LogP contribution in [0.3, 0.4) is 0 Å². The number of hydrogen-bond acceptors (Lipinski definition) is 8. The number of hydrogen-bond donors (Lipinski definition) is 6. The summed E-state index contributed by atoms with van der Waals surface area (Å²) in [7, 11) is 0. The van der Waals surface area contributed by atoms with Gasteiger partial charge in [0.15, 0.2) is 6.29 Å². The van der Waals surface area contributed by atoms with E-state index in [-0.39, 0.29) is 52.6 Å². The number of allylic oxidation sites excluding steroid dienone is 1. The van der Waals surface area contributed by atoms with Crippen LogP contribution in [-0.2, 0) is 9.47 Å². The number of rotatable bonds is 7. The minimum Gasteiger partial charge on any atom is -0.393 e. The molecule has 1 aliphatic heterocycles. The van der Waals surface area contributed by atoms with Crippen molar-refractivity contribution >= 4 is 0 Å². The van der Waals surface area contributed by atoms with Crippen LogP contribution in [0.2, 0.25) is 0 Å². The summed E-state index contributed by atoms with van der Waals surface area (Å²) in [6, 6.07) is 0. The van der Waals surface area contributed by atoms with E-state index in [4.69, 9.17) is 9.47 Å². The number of ether oxygens (including phenoxy) is 2. The maximum absolute atomic E-state index is 11.9. The first kappa shape index (κ1) is 31.8. The molecule has 16 atom stereocenters. The van der Waals surface area contributed by atoms with Gasteiger partial charge in [-0.05, 0) is 105 Å². The van der Waals surface area contributed by atoms with E-state index in [1.807, 2.05) is 0 Å². The van der Waals surface area contributed by atoms with Gasteiger partial charge in [-0.25, -0.2) is 0 Å². The Labute approximate surface area is 246 Å². The molecule has 1 saturated heterocycles. The van der Waals surface area contributed by atoms with Crippen LogP contribution in [0.1, 0.15) is 92.9 Å². The van der Waals surface area contributed by atoms with Crippen molar-refractivity contribution < 1.29 is 40.1 Å². The third kappa shape index (κ3) is 5.47. The van der Waals surface area contributed by atoms with Crippen molar-refractivity contribution in [2.45, 2.75) is 148 Å². The van der Waals surface area contributed by atoms with Crippen LogP contribution in [0.4, 0.5) is 0 Å². The Morgan fingerprint density at radius 1 is 1.02 bits per heavy atom. The second-order valence-corrected chi connectivity index (χ2v) is 15.4. The second kappa shape index (κ2) is 11.7. The summed E-state index contributed by atoms with van der Waals surface area (Å²) in [5.74, 6) is 0.856. The molecule has 41 heavy (non-hydrogen) atoms. The minimum atomic E-state index is -1.38. The van der Waals surface area contributed by atoms with E-state index in [2.05, 4.69) is 40.7 Å². The largest absolute Gasteiger partial charge is 0.393 e. The fourth-order valence-corrected chi connectivity index (χ4v) is 10.2. The molecule has 0 radical (unpaired) electrons. The van der Waals surface area contributed by atoms with Gasteiger partial charge in [0.25, 0.3) is 0 Å². The van der Waals surface area contributed by atoms with Gasteiger partial charge in [-0.15, -0.1) is 0 Å². The van der Waals surface area contributed by atoms with Crippen molar-refractivity contribution in [3.63, 3.8) is 0 Å². The summed E-state index contributed by atoms with van der Waals surface area (Å²) in [6.07, 6.45) is 1.01. The van der Waals surface area contributed by atoms with E-state index in [0.29, 0.717) is 25.2 Å². The monoisotopic (exact) mass is 580 g/mol. The van der Waals surface area contributed by atoms with Crippen molar-refractivity contribution in [2.24, 2.45) is 46.3 Å². The van der Waals surface area contributed by atoms with E-state index in [9.17, 15) is 30.6 Å². The molecule has 236 valence electrons. The molecule has 8 heteroatoms. The lowest BCUT2D eigenvalue weighted by molar-refractivity contribution is -0.309. The quantitative estimate of drug-likeness (QED) is 0.253. The maximum atomic E-state index is 11.9. The average Bonchev–Trinajstić information content (AvgIpc) is 3.19. The fraction of sp³-hybridized carbons (Fsp3) is 0.939. The van der Waals surface area contributed by atoms with E-state index in [1.165, 1.54) is 5.57 Å². The molecule has 4 fully saturated rings. The lowest BCUT2D eigenvalue weighted by Gasteiger charge is -2.60. The van der Waals surface area contributed by atoms with Crippen LogP contribution in [0.25, 0.3) is 0 Å². The molecular weight excluding hydrogens is 524 g/mol. The molecule has 6 N–H and O–H groups in total. The highest BCUT2D eigenvalue weighted by Crippen LogP contribution is 2.68. The van der Waals surface area contributed by atoms with Gasteiger partial charge in [-0.3, -0.25) is 0 Å². The van der Waals surface area contributed by atoms with Crippen LogP contribution in [0, 0.1) is 46.3 Å². The second-order valence-electron chi connectivity index (χ2n) is 15.4. The van der Waals surface area contributed by atoms with E-state index >= 15 is 0 Å². The SMILES string of the molecule is CC(C)CC[C@H](O)C(C)C1[C@@H](O[C@@H]2O[C@@H](C)C(O)[C@@H](O)[C@H]2O)C[C@H]2[C@@H]3CC=C4C[C@@H](O)CC[C@]4(C)[C@H]3[C@H](O)C[C@]12C. The highest BCUT2D eigenvalue weighted by Gasteiger charge is 2.65. The van der Waals surface area contributed by atoms with E-state index in [1.54, 1.807) is 6.92 Å².